The predicted molar refractivity (Wildman–Crippen MR) is 81.6 cm³/mol. The number of benzene rings is 2. The van der Waals surface area contributed by atoms with Gasteiger partial charge < -0.3 is 14.9 Å². The zero-order chi connectivity index (χ0) is 15.4. The fourth-order valence-corrected chi connectivity index (χ4v) is 2.05. The fraction of sp³-hybridized carbons (Fsp3) is 0.0625. The zero-order valence-electron chi connectivity index (χ0n) is 11.2. The highest BCUT2D eigenvalue weighted by Gasteiger charge is 2.16. The van der Waals surface area contributed by atoms with Crippen LogP contribution in [-0.2, 0) is 4.79 Å². The van der Waals surface area contributed by atoms with E-state index in [-0.39, 0.29) is 11.3 Å². The van der Waals surface area contributed by atoms with Crippen LogP contribution in [0.15, 0.2) is 42.5 Å². The molecule has 0 amide bonds. The van der Waals surface area contributed by atoms with Crippen LogP contribution >= 0.6 is 11.6 Å². The average molecular weight is 305 g/mol. The Morgan fingerprint density at radius 1 is 1.19 bits per heavy atom. The molecule has 108 valence electrons. The van der Waals surface area contributed by atoms with Crippen molar-refractivity contribution in [2.75, 3.05) is 7.11 Å². The molecule has 0 heterocycles. The highest BCUT2D eigenvalue weighted by molar-refractivity contribution is 6.31. The normalized spacial score (nSPS) is 11.2. The van der Waals surface area contributed by atoms with E-state index in [1.165, 1.54) is 25.3 Å². The molecule has 0 aliphatic carbocycles. The first kappa shape index (κ1) is 14.9. The number of rotatable bonds is 4. The SMILES string of the molecule is COc1ccc(Cl)cc1/C(=C/c1ccc(O)cc1)C(=O)O. The number of aromatic hydroxyl groups is 1. The minimum Gasteiger partial charge on any atom is -0.508 e. The van der Waals surface area contributed by atoms with Crippen molar-refractivity contribution in [3.05, 3.63) is 58.6 Å². The van der Waals surface area contributed by atoms with Gasteiger partial charge in [0.25, 0.3) is 0 Å². The van der Waals surface area contributed by atoms with Crippen LogP contribution in [0.1, 0.15) is 11.1 Å². The lowest BCUT2D eigenvalue weighted by atomic mass is 10.0. The molecule has 0 saturated heterocycles. The molecule has 0 unspecified atom stereocenters. The lowest BCUT2D eigenvalue weighted by molar-refractivity contribution is -0.130. The third-order valence-corrected chi connectivity index (χ3v) is 3.12. The monoisotopic (exact) mass is 304 g/mol. The third-order valence-electron chi connectivity index (χ3n) is 2.89. The second-order valence-corrected chi connectivity index (χ2v) is 4.74. The van der Waals surface area contributed by atoms with Gasteiger partial charge in [0.2, 0.25) is 0 Å². The molecule has 21 heavy (non-hydrogen) atoms. The van der Waals surface area contributed by atoms with Gasteiger partial charge in [-0.25, -0.2) is 4.79 Å². The Bertz CT molecular complexity index is 690. The lowest BCUT2D eigenvalue weighted by Crippen LogP contribution is -2.02. The van der Waals surface area contributed by atoms with Gasteiger partial charge in [-0.3, -0.25) is 0 Å². The van der Waals surface area contributed by atoms with Crippen molar-refractivity contribution >= 4 is 29.2 Å². The summed E-state index contributed by atoms with van der Waals surface area (Å²) >= 11 is 5.94. The molecule has 5 heteroatoms. The van der Waals surface area contributed by atoms with Gasteiger partial charge in [0.05, 0.1) is 12.7 Å². The Labute approximate surface area is 126 Å². The maximum atomic E-state index is 11.5. The Kier molecular flexibility index (Phi) is 4.50. The first-order chi connectivity index (χ1) is 10.0. The molecule has 0 spiro atoms. The van der Waals surface area contributed by atoms with E-state index in [1.807, 2.05) is 0 Å². The highest BCUT2D eigenvalue weighted by Crippen LogP contribution is 2.30. The Morgan fingerprint density at radius 3 is 2.43 bits per heavy atom. The smallest absolute Gasteiger partial charge is 0.336 e. The molecule has 0 radical (unpaired) electrons. The summed E-state index contributed by atoms with van der Waals surface area (Å²) < 4.78 is 5.19. The molecule has 2 aromatic rings. The number of phenolic OH excluding ortho intramolecular Hbond substituents is 1. The summed E-state index contributed by atoms with van der Waals surface area (Å²) in [4.78, 5) is 11.5. The van der Waals surface area contributed by atoms with Gasteiger partial charge in [-0.15, -0.1) is 0 Å². The maximum absolute atomic E-state index is 11.5. The van der Waals surface area contributed by atoms with Crippen molar-refractivity contribution in [1.29, 1.82) is 0 Å². The van der Waals surface area contributed by atoms with Crippen molar-refractivity contribution in [1.82, 2.24) is 0 Å². The molecule has 0 aliphatic rings. The van der Waals surface area contributed by atoms with Gasteiger partial charge >= 0.3 is 5.97 Å². The molecule has 2 aromatic carbocycles. The second-order valence-electron chi connectivity index (χ2n) is 4.30. The van der Waals surface area contributed by atoms with Crippen LogP contribution < -0.4 is 4.74 Å². The van der Waals surface area contributed by atoms with E-state index in [2.05, 4.69) is 0 Å². The first-order valence-corrected chi connectivity index (χ1v) is 6.47. The number of carboxylic acids is 1. The van der Waals surface area contributed by atoms with Crippen molar-refractivity contribution < 1.29 is 19.7 Å². The fourth-order valence-electron chi connectivity index (χ4n) is 1.88. The number of hydrogen-bond acceptors (Lipinski definition) is 3. The predicted octanol–water partition coefficient (Wildman–Crippen LogP) is 3.68. The number of carboxylic acid groups (broad SMARTS) is 1. The summed E-state index contributed by atoms with van der Waals surface area (Å²) in [5, 5.41) is 19.1. The molecule has 0 bridgehead atoms. The van der Waals surface area contributed by atoms with Crippen LogP contribution in [0.5, 0.6) is 11.5 Å². The zero-order valence-corrected chi connectivity index (χ0v) is 12.0. The van der Waals surface area contributed by atoms with E-state index in [1.54, 1.807) is 30.3 Å². The van der Waals surface area contributed by atoms with Crippen LogP contribution in [0.4, 0.5) is 0 Å². The van der Waals surface area contributed by atoms with Crippen LogP contribution in [-0.4, -0.2) is 23.3 Å². The average Bonchev–Trinajstić information content (AvgIpc) is 2.46. The molecule has 2 rings (SSSR count). The second kappa shape index (κ2) is 6.33. The van der Waals surface area contributed by atoms with Crippen LogP contribution in [0.2, 0.25) is 5.02 Å². The van der Waals surface area contributed by atoms with E-state index in [0.29, 0.717) is 21.9 Å². The summed E-state index contributed by atoms with van der Waals surface area (Å²) in [5.41, 5.74) is 1.10. The number of aliphatic carboxylic acids is 1. The number of methoxy groups -OCH3 is 1. The molecule has 2 N–H and O–H groups in total. The van der Waals surface area contributed by atoms with Crippen LogP contribution in [0.3, 0.4) is 0 Å². The lowest BCUT2D eigenvalue weighted by Gasteiger charge is -2.10. The summed E-state index contributed by atoms with van der Waals surface area (Å²) in [5.74, 6) is -0.556. The van der Waals surface area contributed by atoms with E-state index in [0.717, 1.165) is 0 Å². The Morgan fingerprint density at radius 2 is 1.86 bits per heavy atom. The van der Waals surface area contributed by atoms with E-state index in [9.17, 15) is 15.0 Å². The molecular formula is C16H13ClO4. The van der Waals surface area contributed by atoms with Gasteiger partial charge in [0, 0.05) is 10.6 Å². The van der Waals surface area contributed by atoms with Gasteiger partial charge in [0.15, 0.2) is 0 Å². The minimum atomic E-state index is -1.09. The van der Waals surface area contributed by atoms with Crippen molar-refractivity contribution in [2.45, 2.75) is 0 Å². The minimum absolute atomic E-state index is 0.0556. The van der Waals surface area contributed by atoms with Crippen LogP contribution in [0.25, 0.3) is 11.6 Å². The van der Waals surface area contributed by atoms with Gasteiger partial charge in [0.1, 0.15) is 11.5 Å². The molecule has 0 aliphatic heterocycles. The number of hydrogen-bond donors (Lipinski definition) is 2. The number of carbonyl (C=O) groups is 1. The summed E-state index contributed by atoms with van der Waals surface area (Å²) in [6, 6.07) is 11.0. The quantitative estimate of drug-likeness (QED) is 0.668. The first-order valence-electron chi connectivity index (χ1n) is 6.09. The Balaban J connectivity index is 2.56. The molecule has 0 fully saturated rings. The number of phenols is 1. The number of halogens is 1. The third kappa shape index (κ3) is 3.55. The van der Waals surface area contributed by atoms with E-state index < -0.39 is 5.97 Å². The van der Waals surface area contributed by atoms with Crippen molar-refractivity contribution in [2.24, 2.45) is 0 Å². The van der Waals surface area contributed by atoms with Crippen molar-refractivity contribution in [3.8, 4) is 11.5 Å². The van der Waals surface area contributed by atoms with Gasteiger partial charge in [-0.1, -0.05) is 23.7 Å². The summed E-state index contributed by atoms with van der Waals surface area (Å²) in [6.45, 7) is 0. The topological polar surface area (TPSA) is 66.8 Å². The maximum Gasteiger partial charge on any atom is 0.336 e. The summed E-state index contributed by atoms with van der Waals surface area (Å²) in [7, 11) is 1.47. The molecule has 0 atom stereocenters. The van der Waals surface area contributed by atoms with E-state index in [4.69, 9.17) is 16.3 Å². The van der Waals surface area contributed by atoms with Crippen molar-refractivity contribution in [3.63, 3.8) is 0 Å². The highest BCUT2D eigenvalue weighted by atomic mass is 35.5. The standard InChI is InChI=1S/C16H13ClO4/c1-21-15-7-4-11(17)9-13(15)14(16(19)20)8-10-2-5-12(18)6-3-10/h2-9,18H,1H3,(H,19,20)/b14-8-. The largest absolute Gasteiger partial charge is 0.508 e. The molecule has 0 aromatic heterocycles. The van der Waals surface area contributed by atoms with Gasteiger partial charge in [-0.05, 0) is 42.0 Å². The molecule has 0 saturated carbocycles. The Hall–Kier alpha value is -2.46. The van der Waals surface area contributed by atoms with Crippen LogP contribution in [0, 0.1) is 0 Å². The van der Waals surface area contributed by atoms with Gasteiger partial charge in [-0.2, -0.15) is 0 Å². The molecular weight excluding hydrogens is 292 g/mol. The number of ether oxygens (including phenoxy) is 1. The molecule has 4 nitrogen and oxygen atoms in total. The summed E-state index contributed by atoms with van der Waals surface area (Å²) in [6.07, 6.45) is 1.50. The van der Waals surface area contributed by atoms with E-state index >= 15 is 0 Å².